The number of fused-ring (bicyclic) bond motifs is 1. The van der Waals surface area contributed by atoms with Crippen LogP contribution in [0.3, 0.4) is 0 Å². The van der Waals surface area contributed by atoms with E-state index in [-0.39, 0.29) is 22.6 Å². The molecule has 204 valence electrons. The molecule has 0 aliphatic carbocycles. The van der Waals surface area contributed by atoms with Crippen molar-refractivity contribution in [3.63, 3.8) is 0 Å². The molecule has 0 atom stereocenters. The molecule has 12 heteroatoms. The second kappa shape index (κ2) is 12.0. The number of urea groups is 1. The first-order valence-corrected chi connectivity index (χ1v) is 14.6. The number of hydrogen-bond donors (Lipinski definition) is 4. The molecule has 2 saturated heterocycles. The fraction of sp³-hybridized carbons (Fsp3) is 0.462. The maximum Gasteiger partial charge on any atom is 0.339 e. The molecule has 0 bridgehead atoms. The van der Waals surface area contributed by atoms with Crippen LogP contribution in [0.25, 0.3) is 11.0 Å². The minimum absolute atomic E-state index is 0.0697. The molecule has 3 aromatic rings. The summed E-state index contributed by atoms with van der Waals surface area (Å²) in [5.41, 5.74) is 1.98. The van der Waals surface area contributed by atoms with Crippen molar-refractivity contribution < 1.29 is 17.4 Å². The van der Waals surface area contributed by atoms with E-state index in [2.05, 4.69) is 35.7 Å². The second-order valence-corrected chi connectivity index (χ2v) is 11.3. The van der Waals surface area contributed by atoms with Gasteiger partial charge >= 0.3 is 16.1 Å². The Bertz CT molecular complexity index is 1330. The Morgan fingerprint density at radius 1 is 0.921 bits per heavy atom. The van der Waals surface area contributed by atoms with Crippen molar-refractivity contribution in [2.24, 2.45) is 0 Å². The van der Waals surface area contributed by atoms with Crippen LogP contribution >= 0.6 is 0 Å². The van der Waals surface area contributed by atoms with Gasteiger partial charge in [-0.3, -0.25) is 5.32 Å². The summed E-state index contributed by atoms with van der Waals surface area (Å²) < 4.78 is 31.0. The van der Waals surface area contributed by atoms with E-state index in [1.165, 1.54) is 43.9 Å². The Hall–Kier alpha value is -3.35. The summed E-state index contributed by atoms with van der Waals surface area (Å²) in [5, 5.41) is 8.85. The van der Waals surface area contributed by atoms with E-state index in [1.54, 1.807) is 24.3 Å². The molecule has 11 nitrogen and oxygen atoms in total. The van der Waals surface area contributed by atoms with Gasteiger partial charge in [0.1, 0.15) is 10.6 Å². The van der Waals surface area contributed by atoms with E-state index in [9.17, 15) is 13.2 Å². The van der Waals surface area contributed by atoms with Crippen LogP contribution in [0, 0.1) is 0 Å². The zero-order valence-electron chi connectivity index (χ0n) is 21.4. The van der Waals surface area contributed by atoms with Crippen molar-refractivity contribution in [2.45, 2.75) is 30.6 Å². The molecule has 38 heavy (non-hydrogen) atoms. The van der Waals surface area contributed by atoms with Crippen molar-refractivity contribution >= 4 is 38.8 Å². The quantitative estimate of drug-likeness (QED) is 0.273. The normalized spacial score (nSPS) is 16.6. The first-order chi connectivity index (χ1) is 18.4. The van der Waals surface area contributed by atoms with Gasteiger partial charge in [-0.1, -0.05) is 0 Å². The topological polar surface area (TPSA) is 132 Å². The molecule has 4 N–H and O–H groups in total. The first kappa shape index (κ1) is 26.3. The highest BCUT2D eigenvalue weighted by Crippen LogP contribution is 2.24. The summed E-state index contributed by atoms with van der Waals surface area (Å²) >= 11 is 0. The molecule has 2 amide bonds. The van der Waals surface area contributed by atoms with E-state index in [0.717, 1.165) is 51.5 Å². The number of hydrogen-bond acceptors (Lipinski definition) is 8. The van der Waals surface area contributed by atoms with Gasteiger partial charge in [0.2, 0.25) is 5.95 Å². The molecule has 0 saturated carbocycles. The molecular formula is C26H35N7O4S. The summed E-state index contributed by atoms with van der Waals surface area (Å²) in [6.45, 7) is 7.60. The maximum absolute atomic E-state index is 12.8. The van der Waals surface area contributed by atoms with Crippen molar-refractivity contribution in [1.29, 1.82) is 0 Å². The standard InChI is InChI=1S/C26H35N7O4S/c34-26(28-12-18-33-15-3-4-16-33)31-25-29-23-10-7-21(19-24(23)30-25)37-38(35,36)22-8-5-20(6-9-22)27-11-17-32-13-1-2-14-32/h5-10,19,27H,1-4,11-18H2,(H3,28,29,30,31,34). The highest BCUT2D eigenvalue weighted by Gasteiger charge is 2.18. The van der Waals surface area contributed by atoms with Gasteiger partial charge in [-0.2, -0.15) is 8.42 Å². The number of aromatic amines is 1. The average molecular weight is 542 g/mol. The van der Waals surface area contributed by atoms with Gasteiger partial charge in [-0.15, -0.1) is 0 Å². The summed E-state index contributed by atoms with van der Waals surface area (Å²) in [4.78, 5) is 24.3. The number of benzene rings is 2. The minimum Gasteiger partial charge on any atom is -0.384 e. The summed E-state index contributed by atoms with van der Waals surface area (Å²) in [5.74, 6) is 0.419. The van der Waals surface area contributed by atoms with Gasteiger partial charge in [0.25, 0.3) is 0 Å². The molecule has 1 aromatic heterocycles. The Labute approximate surface area is 223 Å². The lowest BCUT2D eigenvalue weighted by atomic mass is 10.3. The van der Waals surface area contributed by atoms with Crippen molar-refractivity contribution in [3.05, 3.63) is 42.5 Å². The Morgan fingerprint density at radius 2 is 1.58 bits per heavy atom. The summed E-state index contributed by atoms with van der Waals surface area (Å²) in [6, 6.07) is 10.9. The molecule has 2 aliphatic heterocycles. The molecule has 0 unspecified atom stereocenters. The Kier molecular flexibility index (Phi) is 8.30. The number of imidazole rings is 1. The highest BCUT2D eigenvalue weighted by molar-refractivity contribution is 7.87. The van der Waals surface area contributed by atoms with Crippen molar-refractivity contribution in [1.82, 2.24) is 25.1 Å². The highest BCUT2D eigenvalue weighted by atomic mass is 32.2. The van der Waals surface area contributed by atoms with E-state index in [1.807, 2.05) is 0 Å². The fourth-order valence-electron chi connectivity index (χ4n) is 4.86. The van der Waals surface area contributed by atoms with Gasteiger partial charge in [0.15, 0.2) is 0 Å². The largest absolute Gasteiger partial charge is 0.384 e. The van der Waals surface area contributed by atoms with Crippen LogP contribution in [-0.2, 0) is 10.1 Å². The SMILES string of the molecule is O=C(NCCN1CCCC1)Nc1nc2ccc(OS(=O)(=O)c3ccc(NCCN4CCCC4)cc3)cc2[nH]1. The zero-order valence-corrected chi connectivity index (χ0v) is 22.2. The van der Waals surface area contributed by atoms with Crippen LogP contribution in [0.15, 0.2) is 47.4 Å². The number of carbonyl (C=O) groups excluding carboxylic acids is 1. The third-order valence-electron chi connectivity index (χ3n) is 6.90. The van der Waals surface area contributed by atoms with Crippen molar-refractivity contribution in [3.8, 4) is 5.75 Å². The smallest absolute Gasteiger partial charge is 0.339 e. The zero-order chi connectivity index (χ0) is 26.4. The number of H-pyrrole nitrogens is 1. The molecule has 0 spiro atoms. The second-order valence-electron chi connectivity index (χ2n) is 9.73. The number of anilines is 2. The number of aromatic nitrogens is 2. The maximum atomic E-state index is 12.8. The van der Waals surface area contributed by atoms with Gasteiger partial charge in [-0.05, 0) is 88.3 Å². The number of rotatable bonds is 11. The lowest BCUT2D eigenvalue weighted by molar-refractivity contribution is 0.249. The van der Waals surface area contributed by atoms with Crippen LogP contribution in [0.5, 0.6) is 5.75 Å². The van der Waals surface area contributed by atoms with Crippen LogP contribution in [0.4, 0.5) is 16.4 Å². The number of nitrogens with one attached hydrogen (secondary N) is 4. The predicted octanol–water partition coefficient (Wildman–Crippen LogP) is 3.06. The van der Waals surface area contributed by atoms with Gasteiger partial charge in [0, 0.05) is 37.9 Å². The summed E-state index contributed by atoms with van der Waals surface area (Å²) in [6.07, 6.45) is 4.93. The third kappa shape index (κ3) is 6.94. The fourth-order valence-corrected chi connectivity index (χ4v) is 5.79. The first-order valence-electron chi connectivity index (χ1n) is 13.2. The van der Waals surface area contributed by atoms with Gasteiger partial charge in [0.05, 0.1) is 11.0 Å². The predicted molar refractivity (Wildman–Crippen MR) is 147 cm³/mol. The number of carbonyl (C=O) groups is 1. The van der Waals surface area contributed by atoms with E-state index in [4.69, 9.17) is 4.18 Å². The Balaban J connectivity index is 1.14. The Morgan fingerprint density at radius 3 is 2.26 bits per heavy atom. The van der Waals surface area contributed by atoms with Crippen LogP contribution in [-0.4, -0.2) is 86.6 Å². The lowest BCUT2D eigenvalue weighted by Crippen LogP contribution is -2.36. The minimum atomic E-state index is -4.02. The third-order valence-corrected chi connectivity index (χ3v) is 8.16. The molecule has 2 aromatic carbocycles. The summed E-state index contributed by atoms with van der Waals surface area (Å²) in [7, 11) is -4.02. The monoisotopic (exact) mass is 541 g/mol. The van der Waals surface area contributed by atoms with Crippen LogP contribution in [0.2, 0.25) is 0 Å². The molecular weight excluding hydrogens is 506 g/mol. The molecule has 0 radical (unpaired) electrons. The van der Waals surface area contributed by atoms with Crippen LogP contribution < -0.4 is 20.1 Å². The van der Waals surface area contributed by atoms with E-state index in [0.29, 0.717) is 17.6 Å². The lowest BCUT2D eigenvalue weighted by Gasteiger charge is -2.15. The number of amides is 2. The molecule has 3 heterocycles. The molecule has 2 fully saturated rings. The van der Waals surface area contributed by atoms with Crippen molar-refractivity contribution in [2.75, 3.05) is 63.0 Å². The molecule has 5 rings (SSSR count). The van der Waals surface area contributed by atoms with E-state index >= 15 is 0 Å². The van der Waals surface area contributed by atoms with Crippen LogP contribution in [0.1, 0.15) is 25.7 Å². The van der Waals surface area contributed by atoms with Gasteiger partial charge in [-0.25, -0.2) is 9.78 Å². The number of likely N-dealkylation sites (tertiary alicyclic amines) is 2. The van der Waals surface area contributed by atoms with Gasteiger partial charge < -0.3 is 29.6 Å². The molecule has 2 aliphatic rings. The number of nitrogens with zero attached hydrogens (tertiary/aromatic N) is 3. The van der Waals surface area contributed by atoms with E-state index < -0.39 is 10.1 Å². The average Bonchev–Trinajstić information content (AvgIpc) is 3.66.